The molecule has 1 heterocycles. The molecule has 0 atom stereocenters. The summed E-state index contributed by atoms with van der Waals surface area (Å²) in [4.78, 5) is 15.0. The zero-order valence-electron chi connectivity index (χ0n) is 19.5. The van der Waals surface area contributed by atoms with E-state index in [9.17, 15) is 4.79 Å². The third kappa shape index (κ3) is 15.3. The first kappa shape index (κ1) is 26.9. The first-order valence-electron chi connectivity index (χ1n) is 12.2. The second kappa shape index (κ2) is 19.8. The summed E-state index contributed by atoms with van der Waals surface area (Å²) in [6, 6.07) is 3.54. The molecule has 1 aromatic rings. The highest BCUT2D eigenvalue weighted by atomic mass is 16.3. The van der Waals surface area contributed by atoms with Crippen molar-refractivity contribution in [3.63, 3.8) is 0 Å². The molecule has 31 heavy (non-hydrogen) atoms. The lowest BCUT2D eigenvalue weighted by atomic mass is 10.1. The molecule has 2 N–H and O–H groups in total. The average Bonchev–Trinajstić information content (AvgIpc) is 3.27. The Morgan fingerprint density at radius 3 is 1.90 bits per heavy atom. The molecule has 0 aliphatic heterocycles. The van der Waals surface area contributed by atoms with Gasteiger partial charge in [-0.2, -0.15) is 0 Å². The van der Waals surface area contributed by atoms with Crippen LogP contribution in [0.3, 0.4) is 0 Å². The van der Waals surface area contributed by atoms with Crippen LogP contribution >= 0.6 is 0 Å². The summed E-state index contributed by atoms with van der Waals surface area (Å²) in [6.07, 6.45) is 32.3. The highest BCUT2D eigenvalue weighted by molar-refractivity contribution is 5.94. The van der Waals surface area contributed by atoms with Crippen molar-refractivity contribution in [3.05, 3.63) is 72.1 Å². The molecule has 0 bridgehead atoms. The van der Waals surface area contributed by atoms with Crippen LogP contribution in [-0.2, 0) is 6.61 Å². The van der Waals surface area contributed by atoms with Crippen LogP contribution in [0.5, 0.6) is 0 Å². The first-order valence-corrected chi connectivity index (χ1v) is 12.2. The third-order valence-corrected chi connectivity index (χ3v) is 5.21. The number of Topliss-reactive ketones (excluding diaryl/α,β-unsaturated/α-hetero) is 1. The zero-order valence-corrected chi connectivity index (χ0v) is 19.5. The minimum absolute atomic E-state index is 0.0461. The minimum atomic E-state index is -0.0461. The molecule has 0 aromatic carbocycles. The maximum atomic E-state index is 12.0. The van der Waals surface area contributed by atoms with E-state index in [1.54, 1.807) is 12.1 Å². The fraction of sp³-hybridized carbons (Fsp3) is 0.536. The van der Waals surface area contributed by atoms with Gasteiger partial charge in [0.1, 0.15) is 0 Å². The van der Waals surface area contributed by atoms with E-state index in [2.05, 4.69) is 60.5 Å². The summed E-state index contributed by atoms with van der Waals surface area (Å²) in [5.41, 5.74) is 1.33. The number of hydrogen-bond donors (Lipinski definition) is 2. The van der Waals surface area contributed by atoms with Crippen LogP contribution in [0.1, 0.15) is 107 Å². The van der Waals surface area contributed by atoms with E-state index in [1.807, 2.05) is 0 Å². The third-order valence-electron chi connectivity index (χ3n) is 5.21. The van der Waals surface area contributed by atoms with E-state index in [0.717, 1.165) is 38.5 Å². The van der Waals surface area contributed by atoms with Gasteiger partial charge in [-0.25, -0.2) is 0 Å². The molecule has 0 aliphatic carbocycles. The molecule has 0 radical (unpaired) electrons. The molecule has 0 saturated heterocycles. The standard InChI is InChI=1S/C28H43NO2/c1-2-3-4-5-6-7-8-9-10-11-12-13-14-15-16-17-18-19-20-21-22-28(31)27-24-23-26(25-30)29-27/h3-4,6-7,9-10,12-13,23-24,29-30H,2,5,8,11,14-22,25H2,1H3. The van der Waals surface area contributed by atoms with E-state index in [4.69, 9.17) is 5.11 Å². The predicted molar refractivity (Wildman–Crippen MR) is 133 cm³/mol. The zero-order chi connectivity index (χ0) is 22.4. The lowest BCUT2D eigenvalue weighted by Crippen LogP contribution is -1.99. The molecule has 0 saturated carbocycles. The van der Waals surface area contributed by atoms with Crippen LogP contribution < -0.4 is 0 Å². The molecule has 3 nitrogen and oxygen atoms in total. The number of rotatable bonds is 19. The van der Waals surface area contributed by atoms with Crippen molar-refractivity contribution in [2.45, 2.75) is 97.0 Å². The van der Waals surface area contributed by atoms with Gasteiger partial charge in [0, 0.05) is 12.1 Å². The maximum absolute atomic E-state index is 12.0. The van der Waals surface area contributed by atoms with Gasteiger partial charge in [0.2, 0.25) is 0 Å². The van der Waals surface area contributed by atoms with Gasteiger partial charge in [-0.1, -0.05) is 87.6 Å². The van der Waals surface area contributed by atoms with Crippen molar-refractivity contribution in [1.29, 1.82) is 0 Å². The van der Waals surface area contributed by atoms with Crippen LogP contribution in [0.25, 0.3) is 0 Å². The van der Waals surface area contributed by atoms with E-state index in [-0.39, 0.29) is 12.4 Å². The molecular formula is C28H43NO2. The Hall–Kier alpha value is -2.13. The van der Waals surface area contributed by atoms with E-state index in [1.165, 1.54) is 38.5 Å². The Kier molecular flexibility index (Phi) is 17.2. The second-order valence-electron chi connectivity index (χ2n) is 7.99. The monoisotopic (exact) mass is 425 g/mol. The van der Waals surface area contributed by atoms with Gasteiger partial charge in [0.05, 0.1) is 12.3 Å². The Balaban J connectivity index is 1.87. The number of allylic oxidation sites excluding steroid dienone is 8. The van der Waals surface area contributed by atoms with Crippen molar-refractivity contribution < 1.29 is 9.90 Å². The van der Waals surface area contributed by atoms with Crippen molar-refractivity contribution in [1.82, 2.24) is 4.98 Å². The summed E-state index contributed by atoms with van der Waals surface area (Å²) < 4.78 is 0. The van der Waals surface area contributed by atoms with Gasteiger partial charge >= 0.3 is 0 Å². The molecule has 0 spiro atoms. The number of ketones is 1. The van der Waals surface area contributed by atoms with Gasteiger partial charge in [-0.05, 0) is 57.1 Å². The highest BCUT2D eigenvalue weighted by Crippen LogP contribution is 2.12. The van der Waals surface area contributed by atoms with Crippen molar-refractivity contribution in [2.75, 3.05) is 0 Å². The van der Waals surface area contributed by atoms with Gasteiger partial charge in [0.25, 0.3) is 0 Å². The lowest BCUT2D eigenvalue weighted by molar-refractivity contribution is 0.0974. The Morgan fingerprint density at radius 1 is 0.774 bits per heavy atom. The van der Waals surface area contributed by atoms with E-state index in [0.29, 0.717) is 17.8 Å². The lowest BCUT2D eigenvalue weighted by Gasteiger charge is -2.01. The number of aliphatic hydroxyl groups is 1. The topological polar surface area (TPSA) is 53.1 Å². The summed E-state index contributed by atoms with van der Waals surface area (Å²) in [5, 5.41) is 9.03. The minimum Gasteiger partial charge on any atom is -0.390 e. The summed E-state index contributed by atoms with van der Waals surface area (Å²) in [7, 11) is 0. The maximum Gasteiger partial charge on any atom is 0.179 e. The number of nitrogens with one attached hydrogen (secondary N) is 1. The molecule has 0 unspecified atom stereocenters. The number of unbranched alkanes of at least 4 members (excludes halogenated alkanes) is 7. The summed E-state index contributed by atoms with van der Waals surface area (Å²) in [6.45, 7) is 2.11. The fourth-order valence-corrected chi connectivity index (χ4v) is 3.36. The average molecular weight is 426 g/mol. The second-order valence-corrected chi connectivity index (χ2v) is 7.99. The van der Waals surface area contributed by atoms with Gasteiger partial charge in [-0.15, -0.1) is 0 Å². The highest BCUT2D eigenvalue weighted by Gasteiger charge is 2.07. The fourth-order valence-electron chi connectivity index (χ4n) is 3.36. The number of aromatic amines is 1. The number of H-pyrrole nitrogens is 1. The predicted octanol–water partition coefficient (Wildman–Crippen LogP) is 8.01. The molecule has 172 valence electrons. The molecule has 0 fully saturated rings. The van der Waals surface area contributed by atoms with Crippen LogP contribution in [0.4, 0.5) is 0 Å². The van der Waals surface area contributed by atoms with Crippen molar-refractivity contribution in [2.24, 2.45) is 0 Å². The molecule has 0 amide bonds. The smallest absolute Gasteiger partial charge is 0.179 e. The first-order chi connectivity index (χ1) is 15.3. The van der Waals surface area contributed by atoms with Crippen molar-refractivity contribution >= 4 is 5.78 Å². The molecular weight excluding hydrogens is 382 g/mol. The SMILES string of the molecule is CCC=CCC=CCC=CCC=CCCCCCCCCCC(=O)c1ccc(CO)[nH]1. The number of aliphatic hydroxyl groups excluding tert-OH is 1. The summed E-state index contributed by atoms with van der Waals surface area (Å²) >= 11 is 0. The van der Waals surface area contributed by atoms with E-state index < -0.39 is 0 Å². The summed E-state index contributed by atoms with van der Waals surface area (Å²) in [5.74, 6) is 0.151. The normalized spacial score (nSPS) is 12.3. The number of hydrogen-bond acceptors (Lipinski definition) is 2. The van der Waals surface area contributed by atoms with Crippen LogP contribution in [0.2, 0.25) is 0 Å². The molecule has 0 aliphatic rings. The van der Waals surface area contributed by atoms with Crippen LogP contribution in [-0.4, -0.2) is 15.9 Å². The van der Waals surface area contributed by atoms with Gasteiger partial charge in [0.15, 0.2) is 5.78 Å². The molecule has 1 rings (SSSR count). The molecule has 1 aromatic heterocycles. The number of aromatic nitrogens is 1. The Labute approximate surface area is 190 Å². The number of carbonyl (C=O) groups is 1. The Morgan fingerprint density at radius 2 is 1.32 bits per heavy atom. The van der Waals surface area contributed by atoms with Gasteiger partial charge in [-0.3, -0.25) is 4.79 Å². The Bertz CT molecular complexity index is 679. The van der Waals surface area contributed by atoms with E-state index >= 15 is 0 Å². The van der Waals surface area contributed by atoms with Crippen LogP contribution in [0.15, 0.2) is 60.7 Å². The largest absolute Gasteiger partial charge is 0.390 e. The molecule has 3 heteroatoms. The van der Waals surface area contributed by atoms with Crippen molar-refractivity contribution in [3.8, 4) is 0 Å². The number of carbonyl (C=O) groups excluding carboxylic acids is 1. The van der Waals surface area contributed by atoms with Crippen LogP contribution in [0, 0.1) is 0 Å². The quantitative estimate of drug-likeness (QED) is 0.134. The van der Waals surface area contributed by atoms with Gasteiger partial charge < -0.3 is 10.1 Å².